The van der Waals surface area contributed by atoms with Crippen molar-refractivity contribution in [2.24, 2.45) is 0 Å². The molecule has 1 aromatic carbocycles. The van der Waals surface area contributed by atoms with Crippen molar-refractivity contribution in [3.8, 4) is 0 Å². The van der Waals surface area contributed by atoms with Crippen molar-refractivity contribution >= 4 is 11.6 Å². The Bertz CT molecular complexity index is 541. The third-order valence-electron chi connectivity index (χ3n) is 2.72. The van der Waals surface area contributed by atoms with Crippen molar-refractivity contribution in [1.29, 1.82) is 0 Å². The van der Waals surface area contributed by atoms with Gasteiger partial charge in [0.2, 0.25) is 0 Å². The number of halogens is 2. The molecule has 0 atom stereocenters. The molecule has 0 aliphatic rings. The zero-order valence-corrected chi connectivity index (χ0v) is 11.5. The average Bonchev–Trinajstić information content (AvgIpc) is 2.82. The van der Waals surface area contributed by atoms with Crippen LogP contribution in [0.15, 0.2) is 24.5 Å². The van der Waals surface area contributed by atoms with Crippen LogP contribution in [-0.2, 0) is 13.1 Å². The quantitative estimate of drug-likeness (QED) is 0.828. The van der Waals surface area contributed by atoms with Gasteiger partial charge in [0.25, 0.3) is 0 Å². The van der Waals surface area contributed by atoms with E-state index in [4.69, 9.17) is 11.6 Å². The molecule has 0 amide bonds. The molecule has 0 aliphatic heterocycles. The van der Waals surface area contributed by atoms with Crippen LogP contribution < -0.4 is 5.32 Å². The van der Waals surface area contributed by atoms with E-state index in [0.717, 1.165) is 24.4 Å². The van der Waals surface area contributed by atoms with Gasteiger partial charge in [0.15, 0.2) is 0 Å². The Morgan fingerprint density at radius 1 is 1.42 bits per heavy atom. The molecule has 102 valence electrons. The molecule has 0 unspecified atom stereocenters. The van der Waals surface area contributed by atoms with E-state index < -0.39 is 5.82 Å². The predicted octanol–water partition coefficient (Wildman–Crippen LogP) is 2.62. The number of benzene rings is 1. The first-order valence-electron chi connectivity index (χ1n) is 6.22. The lowest BCUT2D eigenvalue weighted by molar-refractivity contribution is 0.581. The second-order valence-electron chi connectivity index (χ2n) is 4.26. The second-order valence-corrected chi connectivity index (χ2v) is 4.67. The number of nitrogens with one attached hydrogen (secondary N) is 1. The maximum absolute atomic E-state index is 13.1. The molecule has 0 spiro atoms. The Morgan fingerprint density at radius 2 is 2.26 bits per heavy atom. The third kappa shape index (κ3) is 3.75. The first-order valence-corrected chi connectivity index (χ1v) is 6.60. The summed E-state index contributed by atoms with van der Waals surface area (Å²) < 4.78 is 14.9. The fourth-order valence-electron chi connectivity index (χ4n) is 1.74. The van der Waals surface area contributed by atoms with Crippen molar-refractivity contribution in [2.45, 2.75) is 26.4 Å². The summed E-state index contributed by atoms with van der Waals surface area (Å²) in [6.45, 7) is 4.25. The van der Waals surface area contributed by atoms with Gasteiger partial charge in [-0.05, 0) is 30.7 Å². The van der Waals surface area contributed by atoms with Crippen molar-refractivity contribution in [1.82, 2.24) is 20.1 Å². The minimum Gasteiger partial charge on any atom is -0.310 e. The highest BCUT2D eigenvalue weighted by molar-refractivity contribution is 6.30. The monoisotopic (exact) mass is 282 g/mol. The highest BCUT2D eigenvalue weighted by Crippen LogP contribution is 2.16. The lowest BCUT2D eigenvalue weighted by Gasteiger charge is -2.07. The van der Waals surface area contributed by atoms with E-state index in [1.165, 1.54) is 12.4 Å². The lowest BCUT2D eigenvalue weighted by atomic mass is 10.2. The van der Waals surface area contributed by atoms with Crippen LogP contribution in [-0.4, -0.2) is 21.3 Å². The van der Waals surface area contributed by atoms with Crippen molar-refractivity contribution in [3.63, 3.8) is 0 Å². The SMILES string of the molecule is CCCNCc1ncnn1Cc1ccc(F)c(Cl)c1. The Labute approximate surface area is 116 Å². The summed E-state index contributed by atoms with van der Waals surface area (Å²) in [5.41, 5.74) is 0.897. The van der Waals surface area contributed by atoms with Gasteiger partial charge in [-0.1, -0.05) is 24.6 Å². The molecule has 0 saturated carbocycles. The minimum absolute atomic E-state index is 0.128. The summed E-state index contributed by atoms with van der Waals surface area (Å²) >= 11 is 5.76. The molecular weight excluding hydrogens is 267 g/mol. The first-order chi connectivity index (χ1) is 9.20. The van der Waals surface area contributed by atoms with Crippen LogP contribution in [0.3, 0.4) is 0 Å². The van der Waals surface area contributed by atoms with Crippen LogP contribution >= 0.6 is 11.6 Å². The Balaban J connectivity index is 2.06. The molecular formula is C13H16ClFN4. The summed E-state index contributed by atoms with van der Waals surface area (Å²) in [6.07, 6.45) is 2.59. The number of nitrogens with zero attached hydrogens (tertiary/aromatic N) is 3. The molecule has 19 heavy (non-hydrogen) atoms. The zero-order chi connectivity index (χ0) is 13.7. The Hall–Kier alpha value is -1.46. The summed E-state index contributed by atoms with van der Waals surface area (Å²) in [7, 11) is 0. The van der Waals surface area contributed by atoms with Gasteiger partial charge in [0, 0.05) is 0 Å². The molecule has 1 heterocycles. The van der Waals surface area contributed by atoms with Gasteiger partial charge in [0.1, 0.15) is 18.0 Å². The highest BCUT2D eigenvalue weighted by atomic mass is 35.5. The van der Waals surface area contributed by atoms with E-state index in [-0.39, 0.29) is 5.02 Å². The molecule has 2 rings (SSSR count). The van der Waals surface area contributed by atoms with E-state index in [9.17, 15) is 4.39 Å². The normalized spacial score (nSPS) is 10.9. The maximum Gasteiger partial charge on any atom is 0.141 e. The lowest BCUT2D eigenvalue weighted by Crippen LogP contribution is -2.18. The van der Waals surface area contributed by atoms with Gasteiger partial charge >= 0.3 is 0 Å². The highest BCUT2D eigenvalue weighted by Gasteiger charge is 2.06. The molecule has 1 aromatic heterocycles. The van der Waals surface area contributed by atoms with Crippen LogP contribution in [0.4, 0.5) is 4.39 Å². The van der Waals surface area contributed by atoms with Gasteiger partial charge in [-0.15, -0.1) is 0 Å². The number of hydrogen-bond donors (Lipinski definition) is 1. The molecule has 0 aliphatic carbocycles. The van der Waals surface area contributed by atoms with E-state index in [1.807, 2.05) is 0 Å². The molecule has 0 radical (unpaired) electrons. The maximum atomic E-state index is 13.1. The van der Waals surface area contributed by atoms with E-state index in [0.29, 0.717) is 13.1 Å². The third-order valence-corrected chi connectivity index (χ3v) is 3.01. The van der Waals surface area contributed by atoms with Crippen LogP contribution in [0, 0.1) is 5.82 Å². The van der Waals surface area contributed by atoms with Crippen molar-refractivity contribution in [3.05, 3.63) is 46.8 Å². The molecule has 2 aromatic rings. The zero-order valence-electron chi connectivity index (χ0n) is 10.7. The van der Waals surface area contributed by atoms with Gasteiger partial charge in [-0.3, -0.25) is 0 Å². The van der Waals surface area contributed by atoms with E-state index in [1.54, 1.807) is 16.8 Å². The van der Waals surface area contributed by atoms with E-state index >= 15 is 0 Å². The topological polar surface area (TPSA) is 42.7 Å². The standard InChI is InChI=1S/C13H16ClFN4/c1-2-5-16-7-13-17-9-18-19(13)8-10-3-4-12(15)11(14)6-10/h3-4,6,9,16H,2,5,7-8H2,1H3. The second kappa shape index (κ2) is 6.63. The minimum atomic E-state index is -0.408. The number of rotatable bonds is 6. The molecule has 6 heteroatoms. The molecule has 0 bridgehead atoms. The van der Waals surface area contributed by atoms with Crippen LogP contribution in [0.25, 0.3) is 0 Å². The van der Waals surface area contributed by atoms with Gasteiger partial charge in [-0.25, -0.2) is 14.1 Å². The number of aromatic nitrogens is 3. The molecule has 0 saturated heterocycles. The van der Waals surface area contributed by atoms with Crippen LogP contribution in [0.2, 0.25) is 5.02 Å². The van der Waals surface area contributed by atoms with Gasteiger partial charge in [-0.2, -0.15) is 5.10 Å². The summed E-state index contributed by atoms with van der Waals surface area (Å²) in [4.78, 5) is 4.21. The van der Waals surface area contributed by atoms with Gasteiger partial charge < -0.3 is 5.32 Å². The Kier molecular flexibility index (Phi) is 4.87. The molecule has 4 nitrogen and oxygen atoms in total. The van der Waals surface area contributed by atoms with Crippen molar-refractivity contribution in [2.75, 3.05) is 6.54 Å². The largest absolute Gasteiger partial charge is 0.310 e. The van der Waals surface area contributed by atoms with Crippen molar-refractivity contribution < 1.29 is 4.39 Å². The predicted molar refractivity (Wildman–Crippen MR) is 72.5 cm³/mol. The summed E-state index contributed by atoms with van der Waals surface area (Å²) in [5.74, 6) is 0.447. The van der Waals surface area contributed by atoms with E-state index in [2.05, 4.69) is 22.3 Å². The first kappa shape index (κ1) is 14.0. The fraction of sp³-hybridized carbons (Fsp3) is 0.385. The summed E-state index contributed by atoms with van der Waals surface area (Å²) in [6, 6.07) is 4.68. The van der Waals surface area contributed by atoms with Crippen LogP contribution in [0.1, 0.15) is 24.7 Å². The Morgan fingerprint density at radius 3 is 3.00 bits per heavy atom. The molecule has 1 N–H and O–H groups in total. The summed E-state index contributed by atoms with van der Waals surface area (Å²) in [5, 5.41) is 7.57. The fourth-order valence-corrected chi connectivity index (χ4v) is 1.95. The smallest absolute Gasteiger partial charge is 0.141 e. The molecule has 0 fully saturated rings. The van der Waals surface area contributed by atoms with Crippen LogP contribution in [0.5, 0.6) is 0 Å². The number of hydrogen-bond acceptors (Lipinski definition) is 3. The van der Waals surface area contributed by atoms with Gasteiger partial charge in [0.05, 0.1) is 18.1 Å². The average molecular weight is 283 g/mol.